The molecule has 1 heterocycles. The van der Waals surface area contributed by atoms with Gasteiger partial charge in [-0.1, -0.05) is 18.2 Å². The molecule has 2 aromatic rings. The molecule has 5 nitrogen and oxygen atoms in total. The Bertz CT molecular complexity index is 609. The van der Waals surface area contributed by atoms with Crippen LogP contribution < -0.4 is 4.72 Å². The van der Waals surface area contributed by atoms with Crippen molar-refractivity contribution in [1.82, 2.24) is 9.71 Å². The molecule has 0 fully saturated rings. The molecule has 0 aliphatic rings. The van der Waals surface area contributed by atoms with E-state index in [1.165, 1.54) is 17.4 Å². The van der Waals surface area contributed by atoms with Crippen LogP contribution in [0.15, 0.2) is 40.7 Å². The minimum Gasteiger partial charge on any atom is -0.392 e. The van der Waals surface area contributed by atoms with Crippen LogP contribution in [0.25, 0.3) is 0 Å². The number of benzene rings is 1. The zero-order valence-corrected chi connectivity index (χ0v) is 11.0. The summed E-state index contributed by atoms with van der Waals surface area (Å²) < 4.78 is 26.6. The first-order valence-corrected chi connectivity index (χ1v) is 7.56. The van der Waals surface area contributed by atoms with Crippen molar-refractivity contribution in [2.75, 3.05) is 0 Å². The number of nitrogens with zero attached hydrogens (tertiary/aromatic N) is 1. The maximum absolute atomic E-state index is 12.1. The number of aliphatic hydroxyl groups excluding tert-OH is 1. The Hall–Kier alpha value is -1.28. The SMILES string of the molecule is O=S(=O)(NCc1nccs1)c1ccccc1CO. The molecule has 0 atom stereocenters. The highest BCUT2D eigenvalue weighted by Gasteiger charge is 2.17. The molecule has 0 saturated carbocycles. The molecular weight excluding hydrogens is 272 g/mol. The first-order chi connectivity index (χ1) is 8.63. The summed E-state index contributed by atoms with van der Waals surface area (Å²) in [5, 5.41) is 11.6. The van der Waals surface area contributed by atoms with Gasteiger partial charge in [0.1, 0.15) is 5.01 Å². The fraction of sp³-hybridized carbons (Fsp3) is 0.182. The third-order valence-electron chi connectivity index (χ3n) is 2.33. The predicted octanol–water partition coefficient (Wildman–Crippen LogP) is 1.11. The van der Waals surface area contributed by atoms with Gasteiger partial charge in [0.15, 0.2) is 0 Å². The van der Waals surface area contributed by atoms with Gasteiger partial charge in [0, 0.05) is 11.6 Å². The fourth-order valence-electron chi connectivity index (χ4n) is 1.47. The number of sulfonamides is 1. The molecule has 0 spiro atoms. The summed E-state index contributed by atoms with van der Waals surface area (Å²) in [4.78, 5) is 4.10. The van der Waals surface area contributed by atoms with E-state index >= 15 is 0 Å². The lowest BCUT2D eigenvalue weighted by Gasteiger charge is -2.08. The van der Waals surface area contributed by atoms with Crippen molar-refractivity contribution in [1.29, 1.82) is 0 Å². The van der Waals surface area contributed by atoms with Crippen LogP contribution in [0.5, 0.6) is 0 Å². The molecule has 1 aromatic carbocycles. The maximum Gasteiger partial charge on any atom is 0.241 e. The standard InChI is InChI=1S/C11H12N2O3S2/c14-8-9-3-1-2-4-10(9)18(15,16)13-7-11-12-5-6-17-11/h1-6,13-14H,7-8H2. The van der Waals surface area contributed by atoms with Gasteiger partial charge in [-0.25, -0.2) is 18.1 Å². The van der Waals surface area contributed by atoms with Crippen molar-refractivity contribution < 1.29 is 13.5 Å². The van der Waals surface area contributed by atoms with Crippen LogP contribution in [0, 0.1) is 0 Å². The smallest absolute Gasteiger partial charge is 0.241 e. The molecule has 0 saturated heterocycles. The van der Waals surface area contributed by atoms with Crippen molar-refractivity contribution >= 4 is 21.4 Å². The molecule has 2 N–H and O–H groups in total. The average Bonchev–Trinajstić information content (AvgIpc) is 2.89. The largest absolute Gasteiger partial charge is 0.392 e. The molecule has 0 aliphatic heterocycles. The van der Waals surface area contributed by atoms with Crippen LogP contribution in [-0.2, 0) is 23.2 Å². The van der Waals surface area contributed by atoms with Crippen LogP contribution in [0.2, 0.25) is 0 Å². The van der Waals surface area contributed by atoms with Crippen molar-refractivity contribution in [3.63, 3.8) is 0 Å². The van der Waals surface area contributed by atoms with Crippen LogP contribution in [-0.4, -0.2) is 18.5 Å². The van der Waals surface area contributed by atoms with Crippen LogP contribution in [0.1, 0.15) is 10.6 Å². The van der Waals surface area contributed by atoms with E-state index in [1.807, 2.05) is 0 Å². The predicted molar refractivity (Wildman–Crippen MR) is 68.5 cm³/mol. The van der Waals surface area contributed by atoms with Gasteiger partial charge in [-0.15, -0.1) is 11.3 Å². The van der Waals surface area contributed by atoms with E-state index in [2.05, 4.69) is 9.71 Å². The molecule has 7 heteroatoms. The number of aliphatic hydroxyl groups is 1. The summed E-state index contributed by atoms with van der Waals surface area (Å²) in [6.45, 7) is -0.159. The summed E-state index contributed by atoms with van der Waals surface area (Å²) in [6, 6.07) is 6.36. The Morgan fingerprint density at radius 2 is 2.11 bits per heavy atom. The first-order valence-electron chi connectivity index (χ1n) is 5.20. The highest BCUT2D eigenvalue weighted by Crippen LogP contribution is 2.15. The number of nitrogens with one attached hydrogen (secondary N) is 1. The zero-order chi connectivity index (χ0) is 13.0. The van der Waals surface area contributed by atoms with Crippen molar-refractivity contribution in [3.05, 3.63) is 46.4 Å². The average molecular weight is 284 g/mol. The lowest BCUT2D eigenvalue weighted by atomic mass is 10.2. The third-order valence-corrected chi connectivity index (χ3v) is 4.61. The van der Waals surface area contributed by atoms with Crippen LogP contribution >= 0.6 is 11.3 Å². The second-order valence-corrected chi connectivity index (χ2v) is 6.23. The Kier molecular flexibility index (Phi) is 4.07. The topological polar surface area (TPSA) is 79.3 Å². The van der Waals surface area contributed by atoms with Gasteiger partial charge in [-0.2, -0.15) is 0 Å². The summed E-state index contributed by atoms with van der Waals surface area (Å²) in [6.07, 6.45) is 1.62. The molecule has 96 valence electrons. The van der Waals surface area contributed by atoms with Gasteiger partial charge in [0.25, 0.3) is 0 Å². The molecule has 0 radical (unpaired) electrons. The molecule has 0 unspecified atom stereocenters. The number of hydrogen-bond donors (Lipinski definition) is 2. The Labute approximate surface area is 109 Å². The summed E-state index contributed by atoms with van der Waals surface area (Å²) in [5.41, 5.74) is 0.379. The monoisotopic (exact) mass is 284 g/mol. The molecule has 18 heavy (non-hydrogen) atoms. The quantitative estimate of drug-likeness (QED) is 0.862. The van der Waals surface area contributed by atoms with Gasteiger partial charge < -0.3 is 5.11 Å². The molecule has 0 bridgehead atoms. The van der Waals surface area contributed by atoms with Gasteiger partial charge >= 0.3 is 0 Å². The second kappa shape index (κ2) is 5.57. The van der Waals surface area contributed by atoms with Gasteiger partial charge in [0.2, 0.25) is 10.0 Å². The third kappa shape index (κ3) is 2.94. The first kappa shape index (κ1) is 13.2. The zero-order valence-electron chi connectivity index (χ0n) is 9.41. The minimum absolute atomic E-state index is 0.101. The Morgan fingerprint density at radius 1 is 1.33 bits per heavy atom. The van der Waals surface area contributed by atoms with E-state index in [4.69, 9.17) is 5.11 Å². The number of hydrogen-bond acceptors (Lipinski definition) is 5. The number of aromatic nitrogens is 1. The highest BCUT2D eigenvalue weighted by molar-refractivity contribution is 7.89. The highest BCUT2D eigenvalue weighted by atomic mass is 32.2. The molecule has 0 aliphatic carbocycles. The van der Waals surface area contributed by atoms with E-state index < -0.39 is 10.0 Å². The number of rotatable bonds is 5. The summed E-state index contributed by atoms with van der Waals surface area (Å²) in [5.74, 6) is 0. The van der Waals surface area contributed by atoms with E-state index in [1.54, 1.807) is 29.8 Å². The fourth-order valence-corrected chi connectivity index (χ4v) is 3.34. The number of thiazole rings is 1. The van der Waals surface area contributed by atoms with Crippen molar-refractivity contribution in [3.8, 4) is 0 Å². The minimum atomic E-state index is -3.62. The summed E-state index contributed by atoms with van der Waals surface area (Å²) in [7, 11) is -3.62. The lowest BCUT2D eigenvalue weighted by Crippen LogP contribution is -2.24. The van der Waals surface area contributed by atoms with E-state index in [9.17, 15) is 8.42 Å². The molecule has 2 rings (SSSR count). The second-order valence-electron chi connectivity index (χ2n) is 3.52. The van der Waals surface area contributed by atoms with E-state index in [-0.39, 0.29) is 18.0 Å². The Balaban J connectivity index is 2.20. The van der Waals surface area contributed by atoms with Gasteiger partial charge in [-0.3, -0.25) is 0 Å². The van der Waals surface area contributed by atoms with Crippen LogP contribution in [0.4, 0.5) is 0 Å². The van der Waals surface area contributed by atoms with E-state index in [0.717, 1.165) is 0 Å². The molecular formula is C11H12N2O3S2. The van der Waals surface area contributed by atoms with Gasteiger partial charge in [-0.05, 0) is 11.6 Å². The van der Waals surface area contributed by atoms with Crippen molar-refractivity contribution in [2.24, 2.45) is 0 Å². The van der Waals surface area contributed by atoms with Gasteiger partial charge in [0.05, 0.1) is 18.0 Å². The Morgan fingerprint density at radius 3 is 2.78 bits per heavy atom. The normalized spacial score (nSPS) is 11.6. The van der Waals surface area contributed by atoms with Crippen LogP contribution in [0.3, 0.4) is 0 Å². The molecule has 0 amide bonds. The van der Waals surface area contributed by atoms with E-state index in [0.29, 0.717) is 10.6 Å². The lowest BCUT2D eigenvalue weighted by molar-refractivity contribution is 0.278. The van der Waals surface area contributed by atoms with Crippen molar-refractivity contribution in [2.45, 2.75) is 18.0 Å². The molecule has 1 aromatic heterocycles. The summed E-state index contributed by atoms with van der Waals surface area (Å²) >= 11 is 1.38. The maximum atomic E-state index is 12.1.